The molecule has 2 N–H and O–H groups in total. The van der Waals surface area contributed by atoms with Crippen molar-refractivity contribution in [3.8, 4) is 0 Å². The third-order valence-corrected chi connectivity index (χ3v) is 4.85. The first kappa shape index (κ1) is 18.7. The fourth-order valence-electron chi connectivity index (χ4n) is 2.46. The summed E-state index contributed by atoms with van der Waals surface area (Å²) >= 11 is 1.23. The average molecular weight is 380 g/mol. The highest BCUT2D eigenvalue weighted by atomic mass is 32.1. The summed E-state index contributed by atoms with van der Waals surface area (Å²) in [6.07, 6.45) is 0.994. The summed E-state index contributed by atoms with van der Waals surface area (Å²) in [5, 5.41) is 14.3. The number of rotatable bonds is 6. The van der Waals surface area contributed by atoms with Gasteiger partial charge in [-0.3, -0.25) is 9.59 Å². The standard InChI is InChI=1S/C20H20N4O2S/c1-3-14-4-6-15(7-5-14)12-21-18(25)16-8-10-17(11-9-16)22-19(26)20-24-23-13(2)27-20/h4-11H,3,12H2,1-2H3,(H,21,25)(H,22,26). The van der Waals surface area contributed by atoms with Crippen molar-refractivity contribution >= 4 is 28.8 Å². The van der Waals surface area contributed by atoms with Crippen LogP contribution < -0.4 is 10.6 Å². The number of nitrogens with one attached hydrogen (secondary N) is 2. The third kappa shape index (κ3) is 4.98. The molecule has 0 aliphatic carbocycles. The highest BCUT2D eigenvalue weighted by molar-refractivity contribution is 7.13. The number of benzene rings is 2. The molecule has 7 heteroatoms. The molecule has 3 rings (SSSR count). The summed E-state index contributed by atoms with van der Waals surface area (Å²) in [5.41, 5.74) is 3.45. The van der Waals surface area contributed by atoms with E-state index in [2.05, 4.69) is 39.9 Å². The van der Waals surface area contributed by atoms with Crippen LogP contribution in [0, 0.1) is 6.92 Å². The minimum Gasteiger partial charge on any atom is -0.348 e. The van der Waals surface area contributed by atoms with Gasteiger partial charge >= 0.3 is 0 Å². The van der Waals surface area contributed by atoms with Gasteiger partial charge in [-0.2, -0.15) is 0 Å². The monoisotopic (exact) mass is 380 g/mol. The zero-order valence-electron chi connectivity index (χ0n) is 15.2. The zero-order valence-corrected chi connectivity index (χ0v) is 16.0. The van der Waals surface area contributed by atoms with Crippen LogP contribution in [0.3, 0.4) is 0 Å². The third-order valence-electron chi connectivity index (χ3n) is 4.01. The first-order valence-corrected chi connectivity index (χ1v) is 9.44. The first-order chi connectivity index (χ1) is 13.0. The summed E-state index contributed by atoms with van der Waals surface area (Å²) in [6.45, 7) is 4.37. The molecule has 0 saturated carbocycles. The van der Waals surface area contributed by atoms with Crippen molar-refractivity contribution in [2.45, 2.75) is 26.8 Å². The van der Waals surface area contributed by atoms with Gasteiger partial charge < -0.3 is 10.6 Å². The van der Waals surface area contributed by atoms with Gasteiger partial charge in [0.1, 0.15) is 5.01 Å². The molecule has 0 radical (unpaired) electrons. The van der Waals surface area contributed by atoms with E-state index >= 15 is 0 Å². The largest absolute Gasteiger partial charge is 0.348 e. The van der Waals surface area contributed by atoms with Crippen molar-refractivity contribution in [2.24, 2.45) is 0 Å². The van der Waals surface area contributed by atoms with Crippen molar-refractivity contribution < 1.29 is 9.59 Å². The van der Waals surface area contributed by atoms with Crippen molar-refractivity contribution in [3.63, 3.8) is 0 Å². The van der Waals surface area contributed by atoms with E-state index in [1.54, 1.807) is 31.2 Å². The maximum Gasteiger partial charge on any atom is 0.286 e. The lowest BCUT2D eigenvalue weighted by molar-refractivity contribution is 0.0950. The number of carbonyl (C=O) groups excluding carboxylic acids is 2. The van der Waals surface area contributed by atoms with Gasteiger partial charge in [-0.05, 0) is 48.7 Å². The molecule has 27 heavy (non-hydrogen) atoms. The minimum atomic E-state index is -0.312. The lowest BCUT2D eigenvalue weighted by atomic mass is 10.1. The molecule has 1 aromatic heterocycles. The van der Waals surface area contributed by atoms with Crippen LogP contribution in [0.25, 0.3) is 0 Å². The van der Waals surface area contributed by atoms with E-state index in [1.165, 1.54) is 16.9 Å². The fraction of sp³-hybridized carbons (Fsp3) is 0.200. The van der Waals surface area contributed by atoms with Crippen LogP contribution in [0.15, 0.2) is 48.5 Å². The Morgan fingerprint density at radius 2 is 1.59 bits per heavy atom. The van der Waals surface area contributed by atoms with Crippen molar-refractivity contribution in [1.29, 1.82) is 0 Å². The Morgan fingerprint density at radius 3 is 2.19 bits per heavy atom. The maximum atomic E-state index is 12.3. The Morgan fingerprint density at radius 1 is 0.926 bits per heavy atom. The summed E-state index contributed by atoms with van der Waals surface area (Å²) in [6, 6.07) is 14.9. The number of carbonyl (C=O) groups is 2. The molecule has 0 fully saturated rings. The van der Waals surface area contributed by atoms with Gasteiger partial charge in [-0.15, -0.1) is 10.2 Å². The molecule has 2 amide bonds. The molecule has 2 aromatic carbocycles. The van der Waals surface area contributed by atoms with Gasteiger partial charge in [0, 0.05) is 17.8 Å². The zero-order chi connectivity index (χ0) is 19.2. The molecule has 138 valence electrons. The predicted molar refractivity (Wildman–Crippen MR) is 106 cm³/mol. The Hall–Kier alpha value is -3.06. The van der Waals surface area contributed by atoms with Crippen molar-refractivity contribution in [1.82, 2.24) is 15.5 Å². The van der Waals surface area contributed by atoms with E-state index in [1.807, 2.05) is 12.1 Å². The lowest BCUT2D eigenvalue weighted by Crippen LogP contribution is -2.22. The minimum absolute atomic E-state index is 0.160. The Kier molecular flexibility index (Phi) is 5.93. The highest BCUT2D eigenvalue weighted by Crippen LogP contribution is 2.14. The van der Waals surface area contributed by atoms with Gasteiger partial charge in [0.15, 0.2) is 0 Å². The van der Waals surface area contributed by atoms with Crippen LogP contribution >= 0.6 is 11.3 Å². The van der Waals surface area contributed by atoms with E-state index < -0.39 is 0 Å². The van der Waals surface area contributed by atoms with Crippen molar-refractivity contribution in [3.05, 3.63) is 75.2 Å². The molecule has 0 bridgehead atoms. The Balaban J connectivity index is 1.55. The number of aryl methyl sites for hydroxylation is 2. The number of anilines is 1. The SMILES string of the molecule is CCc1ccc(CNC(=O)c2ccc(NC(=O)c3nnc(C)s3)cc2)cc1. The molecule has 0 unspecified atom stereocenters. The molecular weight excluding hydrogens is 360 g/mol. The Labute approximate surface area is 161 Å². The maximum absolute atomic E-state index is 12.3. The van der Waals surface area contributed by atoms with Gasteiger partial charge in [-0.1, -0.05) is 42.5 Å². The van der Waals surface area contributed by atoms with Crippen molar-refractivity contribution in [2.75, 3.05) is 5.32 Å². The van der Waals surface area contributed by atoms with E-state index in [-0.39, 0.29) is 11.8 Å². The Bertz CT molecular complexity index is 933. The molecule has 6 nitrogen and oxygen atoms in total. The number of nitrogens with zero attached hydrogens (tertiary/aromatic N) is 2. The van der Waals surface area contributed by atoms with Crippen LogP contribution in [-0.2, 0) is 13.0 Å². The van der Waals surface area contributed by atoms with Crippen LogP contribution in [0.5, 0.6) is 0 Å². The molecule has 0 atom stereocenters. The van der Waals surface area contributed by atoms with Gasteiger partial charge in [-0.25, -0.2) is 0 Å². The summed E-state index contributed by atoms with van der Waals surface area (Å²) in [5.74, 6) is -0.472. The molecule has 3 aromatic rings. The number of aromatic nitrogens is 2. The average Bonchev–Trinajstić information content (AvgIpc) is 3.13. The number of hydrogen-bond acceptors (Lipinski definition) is 5. The molecule has 0 saturated heterocycles. The summed E-state index contributed by atoms with van der Waals surface area (Å²) in [4.78, 5) is 24.4. The van der Waals surface area contributed by atoms with Crippen LogP contribution in [0.1, 0.15) is 43.2 Å². The summed E-state index contributed by atoms with van der Waals surface area (Å²) in [7, 11) is 0. The number of amides is 2. The second kappa shape index (κ2) is 8.55. The predicted octanol–water partition coefficient (Wildman–Crippen LogP) is 3.59. The molecule has 1 heterocycles. The van der Waals surface area contributed by atoms with E-state index in [4.69, 9.17) is 0 Å². The fourth-order valence-corrected chi connectivity index (χ4v) is 3.04. The second-order valence-corrected chi connectivity index (χ2v) is 7.19. The van der Waals surface area contributed by atoms with Gasteiger partial charge in [0.2, 0.25) is 5.01 Å². The second-order valence-electron chi connectivity index (χ2n) is 6.01. The number of hydrogen-bond donors (Lipinski definition) is 2. The quantitative estimate of drug-likeness (QED) is 0.684. The first-order valence-electron chi connectivity index (χ1n) is 8.62. The topological polar surface area (TPSA) is 84.0 Å². The van der Waals surface area contributed by atoms with Crippen LogP contribution in [0.4, 0.5) is 5.69 Å². The molecular formula is C20H20N4O2S. The van der Waals surface area contributed by atoms with Gasteiger partial charge in [0.25, 0.3) is 11.8 Å². The van der Waals surface area contributed by atoms with Crippen LogP contribution in [-0.4, -0.2) is 22.0 Å². The van der Waals surface area contributed by atoms with Gasteiger partial charge in [0.05, 0.1) is 0 Å². The van der Waals surface area contributed by atoms with E-state index in [0.717, 1.165) is 17.0 Å². The normalized spacial score (nSPS) is 10.4. The van der Waals surface area contributed by atoms with E-state index in [0.29, 0.717) is 22.8 Å². The van der Waals surface area contributed by atoms with Crippen LogP contribution in [0.2, 0.25) is 0 Å². The molecule has 0 aliphatic rings. The molecule has 0 spiro atoms. The summed E-state index contributed by atoms with van der Waals surface area (Å²) < 4.78 is 0. The van der Waals surface area contributed by atoms with E-state index in [9.17, 15) is 9.59 Å². The highest BCUT2D eigenvalue weighted by Gasteiger charge is 2.12. The smallest absolute Gasteiger partial charge is 0.286 e. The lowest BCUT2D eigenvalue weighted by Gasteiger charge is -2.07. The molecule has 0 aliphatic heterocycles.